The van der Waals surface area contributed by atoms with E-state index in [1.54, 1.807) is 39.2 Å². The molecule has 7 N–H and O–H groups in total. The second-order valence-corrected chi connectivity index (χ2v) is 12.4. The van der Waals surface area contributed by atoms with Crippen molar-refractivity contribution < 1.29 is 52.7 Å². The Balaban J connectivity index is 1.51. The molecule has 0 fully saturated rings. The highest BCUT2D eigenvalue weighted by Gasteiger charge is 2.63. The van der Waals surface area contributed by atoms with Gasteiger partial charge in [0.2, 0.25) is 5.78 Å². The lowest BCUT2D eigenvalue weighted by Gasteiger charge is -2.50. The SMILES string of the molecule is CN(C)c1cc(CNCc2ccc(OC(F)(F)F)cc2)c(O)c2c1C[C@H]1C[C@H]3C(N(C)C)C(O)=C(C(N)=O)C(=O)[C@@]3(O)C(O)=C1C2=O. The van der Waals surface area contributed by atoms with Gasteiger partial charge in [0, 0.05) is 49.9 Å². The molecule has 0 radical (unpaired) electrons. The third-order valence-electron chi connectivity index (χ3n) is 9.06. The zero-order valence-electron chi connectivity index (χ0n) is 26.0. The number of aliphatic hydroxyl groups excluding tert-OH is 2. The monoisotopic (exact) mass is 660 g/mol. The van der Waals surface area contributed by atoms with Crippen LogP contribution in [0.3, 0.4) is 0 Å². The number of aliphatic hydroxyl groups is 3. The fraction of sp³-hybridized carbons (Fsp3) is 0.406. The van der Waals surface area contributed by atoms with Crippen molar-refractivity contribution in [2.24, 2.45) is 17.6 Å². The fourth-order valence-electron chi connectivity index (χ4n) is 7.04. The number of carbonyl (C=O) groups is 3. The number of anilines is 1. The van der Waals surface area contributed by atoms with Crippen LogP contribution >= 0.6 is 0 Å². The third kappa shape index (κ3) is 5.68. The van der Waals surface area contributed by atoms with Crippen molar-refractivity contribution in [1.29, 1.82) is 0 Å². The molecule has 0 bridgehead atoms. The highest BCUT2D eigenvalue weighted by Crippen LogP contribution is 2.53. The molecule has 0 spiro atoms. The Hall–Kier alpha value is -4.60. The van der Waals surface area contributed by atoms with Gasteiger partial charge in [0.25, 0.3) is 5.91 Å². The largest absolute Gasteiger partial charge is 0.573 e. The van der Waals surface area contributed by atoms with E-state index < -0.39 is 64.4 Å². The summed E-state index contributed by atoms with van der Waals surface area (Å²) in [5.74, 6) is -7.64. The van der Waals surface area contributed by atoms with E-state index in [9.17, 15) is 48.0 Å². The highest BCUT2D eigenvalue weighted by molar-refractivity contribution is 6.25. The first-order valence-electron chi connectivity index (χ1n) is 14.6. The van der Waals surface area contributed by atoms with Crippen molar-refractivity contribution >= 4 is 23.2 Å². The average molecular weight is 661 g/mol. The van der Waals surface area contributed by atoms with Crippen LogP contribution in [0.15, 0.2) is 53.0 Å². The van der Waals surface area contributed by atoms with Crippen LogP contribution in [-0.2, 0) is 29.1 Å². The highest BCUT2D eigenvalue weighted by atomic mass is 19.4. The summed E-state index contributed by atoms with van der Waals surface area (Å²) >= 11 is 0. The number of nitrogens with zero attached hydrogens (tertiary/aromatic N) is 2. The summed E-state index contributed by atoms with van der Waals surface area (Å²) < 4.78 is 41.3. The summed E-state index contributed by atoms with van der Waals surface area (Å²) in [7, 11) is 6.61. The van der Waals surface area contributed by atoms with E-state index in [4.69, 9.17) is 5.73 Å². The first kappa shape index (κ1) is 33.8. The maximum absolute atomic E-state index is 14.2. The molecule has 12 nitrogen and oxygen atoms in total. The average Bonchev–Trinajstić information content (AvgIpc) is 2.95. The number of allylic oxidation sites excluding steroid dienone is 1. The molecule has 1 amide bonds. The van der Waals surface area contributed by atoms with E-state index in [2.05, 4.69) is 10.1 Å². The summed E-state index contributed by atoms with van der Waals surface area (Å²) in [4.78, 5) is 43.1. The number of nitrogens with two attached hydrogens (primary N) is 1. The van der Waals surface area contributed by atoms with Crippen LogP contribution in [0.4, 0.5) is 18.9 Å². The van der Waals surface area contributed by atoms with Crippen LogP contribution in [0.2, 0.25) is 0 Å². The van der Waals surface area contributed by atoms with E-state index in [0.717, 1.165) is 0 Å². The molecule has 1 unspecified atom stereocenters. The van der Waals surface area contributed by atoms with E-state index in [1.807, 2.05) is 0 Å². The number of hydrogen-bond donors (Lipinski definition) is 6. The summed E-state index contributed by atoms with van der Waals surface area (Å²) in [5.41, 5.74) is 3.36. The zero-order valence-corrected chi connectivity index (χ0v) is 26.0. The molecule has 4 atom stereocenters. The van der Waals surface area contributed by atoms with Gasteiger partial charge in [0.1, 0.15) is 28.6 Å². The summed E-state index contributed by atoms with van der Waals surface area (Å²) in [5, 5.41) is 48.8. The summed E-state index contributed by atoms with van der Waals surface area (Å²) in [6, 6.07) is 5.83. The van der Waals surface area contributed by atoms with Gasteiger partial charge >= 0.3 is 6.36 Å². The number of halogens is 3. The Morgan fingerprint density at radius 3 is 2.28 bits per heavy atom. The van der Waals surface area contributed by atoms with Crippen LogP contribution in [0.25, 0.3) is 0 Å². The van der Waals surface area contributed by atoms with Crippen LogP contribution in [-0.4, -0.2) is 89.0 Å². The number of aromatic hydroxyl groups is 1. The lowest BCUT2D eigenvalue weighted by atomic mass is 9.58. The normalized spacial score (nSPS) is 24.2. The standard InChI is InChI=1S/C32H35F3N4O8/c1-38(2)20-11-16(13-37-12-14-5-7-17(8-6-14)47-32(33,34)35)25(40)22-18(20)9-15-10-19-24(39(3)4)27(42)23(30(36)45)29(44)31(19,46)28(43)21(15)26(22)41/h5-8,11,15,19,24,37,40,42-43,46H,9-10,12-13H2,1-4H3,(H2,36,45)/t15-,19-,24?,31-/m0/s1. The molecule has 15 heteroatoms. The number of fused-ring (bicyclic) bond motifs is 3. The van der Waals surface area contributed by atoms with E-state index in [1.165, 1.54) is 29.2 Å². The van der Waals surface area contributed by atoms with E-state index in [0.29, 0.717) is 22.4 Å². The third-order valence-corrected chi connectivity index (χ3v) is 9.06. The summed E-state index contributed by atoms with van der Waals surface area (Å²) in [6.45, 7) is 0.220. The molecule has 47 heavy (non-hydrogen) atoms. The molecular formula is C32H35F3N4O8. The maximum atomic E-state index is 14.2. The second-order valence-electron chi connectivity index (χ2n) is 12.4. The van der Waals surface area contributed by atoms with Crippen LogP contribution in [0.1, 0.15) is 33.5 Å². The van der Waals surface area contributed by atoms with Crippen molar-refractivity contribution in [2.45, 2.75) is 43.9 Å². The molecule has 5 rings (SSSR count). The van der Waals surface area contributed by atoms with Crippen LogP contribution < -0.4 is 20.7 Å². The lowest BCUT2D eigenvalue weighted by Crippen LogP contribution is -2.63. The van der Waals surface area contributed by atoms with Crippen molar-refractivity contribution in [3.05, 3.63) is 75.3 Å². The number of amides is 1. The van der Waals surface area contributed by atoms with Gasteiger partial charge in [-0.05, 0) is 62.2 Å². The molecule has 0 heterocycles. The van der Waals surface area contributed by atoms with Crippen molar-refractivity contribution in [1.82, 2.24) is 10.2 Å². The van der Waals surface area contributed by atoms with E-state index in [-0.39, 0.29) is 48.6 Å². The number of phenols is 1. The van der Waals surface area contributed by atoms with Gasteiger partial charge < -0.3 is 41.1 Å². The topological polar surface area (TPSA) is 186 Å². The number of Topliss-reactive ketones (excluding diaryl/α,β-unsaturated/α-hetero) is 2. The predicted molar refractivity (Wildman–Crippen MR) is 162 cm³/mol. The predicted octanol–water partition coefficient (Wildman–Crippen LogP) is 2.38. The first-order valence-corrected chi connectivity index (χ1v) is 14.6. The van der Waals surface area contributed by atoms with Crippen molar-refractivity contribution in [3.63, 3.8) is 0 Å². The Labute approximate surface area is 267 Å². The Bertz CT molecular complexity index is 1720. The lowest BCUT2D eigenvalue weighted by molar-refractivity contribution is -0.274. The van der Waals surface area contributed by atoms with Crippen molar-refractivity contribution in [2.75, 3.05) is 33.1 Å². The van der Waals surface area contributed by atoms with Gasteiger partial charge in [0.15, 0.2) is 11.4 Å². The zero-order chi connectivity index (χ0) is 34.7. The summed E-state index contributed by atoms with van der Waals surface area (Å²) in [6.07, 6.45) is -4.71. The van der Waals surface area contributed by atoms with Gasteiger partial charge in [0.05, 0.1) is 11.6 Å². The number of likely N-dealkylation sites (N-methyl/N-ethyl adjacent to an activating group) is 1. The molecule has 0 saturated heterocycles. The molecule has 2 aromatic carbocycles. The van der Waals surface area contributed by atoms with Gasteiger partial charge in [-0.2, -0.15) is 0 Å². The molecule has 0 aromatic heterocycles. The quantitative estimate of drug-likeness (QED) is 0.229. The number of phenolic OH excluding ortho intramolecular Hbond substituents is 1. The van der Waals surface area contributed by atoms with Crippen LogP contribution in [0, 0.1) is 11.8 Å². The minimum Gasteiger partial charge on any atom is -0.510 e. The number of primary amides is 1. The number of rotatable bonds is 8. The van der Waals surface area contributed by atoms with Crippen LogP contribution in [0.5, 0.6) is 11.5 Å². The maximum Gasteiger partial charge on any atom is 0.573 e. The molecule has 3 aliphatic carbocycles. The molecule has 3 aliphatic rings. The van der Waals surface area contributed by atoms with E-state index >= 15 is 0 Å². The number of hydrogen-bond acceptors (Lipinski definition) is 11. The van der Waals surface area contributed by atoms with Crippen molar-refractivity contribution in [3.8, 4) is 11.5 Å². The molecule has 0 saturated carbocycles. The van der Waals surface area contributed by atoms with Gasteiger partial charge in [-0.25, -0.2) is 0 Å². The molecular weight excluding hydrogens is 625 g/mol. The number of ketones is 2. The minimum absolute atomic E-state index is 0.0313. The smallest absolute Gasteiger partial charge is 0.510 e. The number of nitrogens with one attached hydrogen (secondary N) is 1. The number of carbonyl (C=O) groups excluding carboxylic acids is 3. The number of benzene rings is 2. The Morgan fingerprint density at radius 2 is 1.72 bits per heavy atom. The number of ether oxygens (including phenoxy) is 1. The fourth-order valence-corrected chi connectivity index (χ4v) is 7.04. The van der Waals surface area contributed by atoms with Gasteiger partial charge in [-0.15, -0.1) is 13.2 Å². The number of alkyl halides is 3. The second kappa shape index (κ2) is 11.9. The molecule has 2 aromatic rings. The van der Waals surface area contributed by atoms with Gasteiger partial charge in [-0.3, -0.25) is 19.3 Å². The Morgan fingerprint density at radius 1 is 1.09 bits per heavy atom. The molecule has 0 aliphatic heterocycles. The van der Waals surface area contributed by atoms with Gasteiger partial charge in [-0.1, -0.05) is 12.1 Å². The first-order chi connectivity index (χ1) is 21.9. The molecule has 252 valence electrons. The Kier molecular flexibility index (Phi) is 8.54. The minimum atomic E-state index is -4.82.